The number of esters is 1. The van der Waals surface area contributed by atoms with Gasteiger partial charge in [-0.25, -0.2) is 0 Å². The molecule has 2 N–H and O–H groups in total. The van der Waals surface area contributed by atoms with Gasteiger partial charge in [-0.3, -0.25) is 4.79 Å². The van der Waals surface area contributed by atoms with Gasteiger partial charge < -0.3 is 19.7 Å². The molecule has 1 heterocycles. The fourth-order valence-electron chi connectivity index (χ4n) is 9.74. The van der Waals surface area contributed by atoms with Crippen LogP contribution < -0.4 is 0 Å². The second-order valence-electron chi connectivity index (χ2n) is 13.1. The molecule has 1 aliphatic heterocycles. The Morgan fingerprint density at radius 3 is 2.59 bits per heavy atom. The second kappa shape index (κ2) is 9.67. The predicted octanol–water partition coefficient (Wildman–Crippen LogP) is 5.46. The molecule has 5 nitrogen and oxygen atoms in total. The van der Waals surface area contributed by atoms with Crippen molar-refractivity contribution in [3.63, 3.8) is 0 Å². The molecule has 0 spiro atoms. The van der Waals surface area contributed by atoms with Gasteiger partial charge in [-0.2, -0.15) is 0 Å². The van der Waals surface area contributed by atoms with Gasteiger partial charge in [0.25, 0.3) is 0 Å². The van der Waals surface area contributed by atoms with E-state index in [0.29, 0.717) is 48.5 Å². The van der Waals surface area contributed by atoms with E-state index < -0.39 is 0 Å². The lowest BCUT2D eigenvalue weighted by molar-refractivity contribution is -0.201. The number of carbonyl (C=O) groups is 1. The quantitative estimate of drug-likeness (QED) is 0.515. The third-order valence-corrected chi connectivity index (χ3v) is 11.7. The van der Waals surface area contributed by atoms with Gasteiger partial charge in [0.1, 0.15) is 0 Å². The number of rotatable bonds is 5. The van der Waals surface area contributed by atoms with Crippen LogP contribution in [0.1, 0.15) is 104 Å². The summed E-state index contributed by atoms with van der Waals surface area (Å²) in [5.74, 6) is 2.33. The van der Waals surface area contributed by atoms with Crippen LogP contribution in [-0.4, -0.2) is 41.3 Å². The van der Waals surface area contributed by atoms with E-state index in [0.717, 1.165) is 51.4 Å². The third kappa shape index (κ3) is 4.16. The maximum Gasteiger partial charge on any atom is 0.308 e. The third-order valence-electron chi connectivity index (χ3n) is 11.7. The number of hydrogen-bond acceptors (Lipinski definition) is 5. The maximum absolute atomic E-state index is 12.5. The molecule has 0 amide bonds. The summed E-state index contributed by atoms with van der Waals surface area (Å²) in [6.07, 6.45) is 12.3. The maximum atomic E-state index is 12.5. The minimum absolute atomic E-state index is 0.151. The van der Waals surface area contributed by atoms with E-state index in [-0.39, 0.29) is 35.3 Å². The van der Waals surface area contributed by atoms with Crippen LogP contribution in [0.25, 0.3) is 0 Å². The molecule has 11 unspecified atom stereocenters. The topological polar surface area (TPSA) is 76.0 Å². The highest BCUT2D eigenvalue weighted by molar-refractivity contribution is 5.69. The highest BCUT2D eigenvalue weighted by Crippen LogP contribution is 2.68. The summed E-state index contributed by atoms with van der Waals surface area (Å²) in [4.78, 5) is 12.5. The van der Waals surface area contributed by atoms with E-state index in [2.05, 4.69) is 20.8 Å². The molecule has 4 aliphatic carbocycles. The zero-order valence-electron chi connectivity index (χ0n) is 21.7. The molecule has 5 rings (SSSR count). The predicted molar refractivity (Wildman–Crippen MR) is 131 cm³/mol. The molecule has 0 aromatic heterocycles. The van der Waals surface area contributed by atoms with Crippen molar-refractivity contribution in [3.8, 4) is 0 Å². The minimum Gasteiger partial charge on any atom is -0.436 e. The lowest BCUT2D eigenvalue weighted by atomic mass is 9.43. The van der Waals surface area contributed by atoms with Crippen LogP contribution in [0.5, 0.6) is 0 Å². The Labute approximate surface area is 206 Å². The first-order valence-corrected chi connectivity index (χ1v) is 14.4. The number of aliphatic hydroxyl groups excluding tert-OH is 2. The molecule has 0 bridgehead atoms. The first-order valence-electron chi connectivity index (χ1n) is 14.4. The summed E-state index contributed by atoms with van der Waals surface area (Å²) >= 11 is 0. The Hall–Kier alpha value is -0.650. The molecule has 0 aromatic rings. The number of hydrogen-bond donors (Lipinski definition) is 2. The van der Waals surface area contributed by atoms with E-state index in [1.807, 2.05) is 0 Å². The van der Waals surface area contributed by atoms with E-state index >= 15 is 0 Å². The monoisotopic (exact) mass is 476 g/mol. The van der Waals surface area contributed by atoms with Crippen molar-refractivity contribution in [2.45, 2.75) is 123 Å². The standard InChI is InChI=1S/C29H48O5/c1-18(10-13-25(32)34-26-9-5-7-15-33-26)20-11-12-21-27-22(17-24(31)29(20,21)3)28(2)14-6-4-8-19(28)16-23(27)30/h18-24,26-27,30-31H,4-17H2,1-3H3. The molecule has 0 radical (unpaired) electrons. The van der Waals surface area contributed by atoms with Gasteiger partial charge in [0, 0.05) is 12.8 Å². The molecule has 11 atom stereocenters. The van der Waals surface area contributed by atoms with Crippen molar-refractivity contribution >= 4 is 5.97 Å². The Bertz CT molecular complexity index is 734. The number of carbonyl (C=O) groups excluding carboxylic acids is 1. The first-order chi connectivity index (χ1) is 16.2. The molecular weight excluding hydrogens is 428 g/mol. The molecule has 0 aromatic carbocycles. The number of ether oxygens (including phenoxy) is 2. The van der Waals surface area contributed by atoms with E-state index in [4.69, 9.17) is 9.47 Å². The molecule has 34 heavy (non-hydrogen) atoms. The van der Waals surface area contributed by atoms with E-state index in [9.17, 15) is 15.0 Å². The summed E-state index contributed by atoms with van der Waals surface area (Å²) in [6, 6.07) is 0. The average molecular weight is 477 g/mol. The normalized spacial score (nSPS) is 49.4. The summed E-state index contributed by atoms with van der Waals surface area (Å²) < 4.78 is 11.1. The average Bonchev–Trinajstić information content (AvgIpc) is 3.18. The summed E-state index contributed by atoms with van der Waals surface area (Å²) in [5.41, 5.74) is 0.106. The Kier molecular flexibility index (Phi) is 7.11. The molecule has 1 saturated heterocycles. The van der Waals surface area contributed by atoms with Gasteiger partial charge in [0.2, 0.25) is 6.29 Å². The van der Waals surface area contributed by atoms with Crippen molar-refractivity contribution in [3.05, 3.63) is 0 Å². The van der Waals surface area contributed by atoms with Crippen molar-refractivity contribution in [2.24, 2.45) is 46.3 Å². The fourth-order valence-corrected chi connectivity index (χ4v) is 9.74. The van der Waals surface area contributed by atoms with Crippen LogP contribution in [0, 0.1) is 46.3 Å². The smallest absolute Gasteiger partial charge is 0.308 e. The van der Waals surface area contributed by atoms with Crippen LogP contribution in [0.2, 0.25) is 0 Å². The van der Waals surface area contributed by atoms with Gasteiger partial charge in [-0.05, 0) is 104 Å². The summed E-state index contributed by atoms with van der Waals surface area (Å²) in [7, 11) is 0. The fraction of sp³-hybridized carbons (Fsp3) is 0.966. The van der Waals surface area contributed by atoms with Crippen LogP contribution in [0.4, 0.5) is 0 Å². The molecule has 5 fully saturated rings. The molecule has 194 valence electrons. The van der Waals surface area contributed by atoms with Crippen LogP contribution in [0.3, 0.4) is 0 Å². The molecule has 4 saturated carbocycles. The Morgan fingerprint density at radius 1 is 1.03 bits per heavy atom. The van der Waals surface area contributed by atoms with Crippen LogP contribution >= 0.6 is 0 Å². The van der Waals surface area contributed by atoms with Crippen molar-refractivity contribution in [1.82, 2.24) is 0 Å². The second-order valence-corrected chi connectivity index (χ2v) is 13.1. The van der Waals surface area contributed by atoms with E-state index in [1.165, 1.54) is 25.7 Å². The largest absolute Gasteiger partial charge is 0.436 e. The van der Waals surface area contributed by atoms with Crippen LogP contribution in [0.15, 0.2) is 0 Å². The lowest BCUT2D eigenvalue weighted by Crippen LogP contribution is -2.61. The first kappa shape index (κ1) is 25.0. The van der Waals surface area contributed by atoms with Gasteiger partial charge in [0.05, 0.1) is 18.8 Å². The van der Waals surface area contributed by atoms with E-state index in [1.54, 1.807) is 0 Å². The summed E-state index contributed by atoms with van der Waals surface area (Å²) in [6.45, 7) is 7.73. The lowest BCUT2D eigenvalue weighted by Gasteiger charge is -2.63. The van der Waals surface area contributed by atoms with Gasteiger partial charge >= 0.3 is 5.97 Å². The zero-order chi connectivity index (χ0) is 24.1. The van der Waals surface area contributed by atoms with Gasteiger partial charge in [-0.1, -0.05) is 33.6 Å². The zero-order valence-corrected chi connectivity index (χ0v) is 21.7. The van der Waals surface area contributed by atoms with Crippen LogP contribution in [-0.2, 0) is 14.3 Å². The molecule has 5 aliphatic rings. The number of aliphatic hydroxyl groups is 2. The Morgan fingerprint density at radius 2 is 1.82 bits per heavy atom. The van der Waals surface area contributed by atoms with Crippen molar-refractivity contribution < 1.29 is 24.5 Å². The minimum atomic E-state index is -0.361. The number of fused-ring (bicyclic) bond motifs is 5. The highest BCUT2D eigenvalue weighted by atomic mass is 16.7. The van der Waals surface area contributed by atoms with Crippen molar-refractivity contribution in [2.75, 3.05) is 6.61 Å². The Balaban J connectivity index is 1.26. The highest BCUT2D eigenvalue weighted by Gasteiger charge is 2.65. The summed E-state index contributed by atoms with van der Waals surface area (Å²) in [5, 5.41) is 23.1. The molecular formula is C29H48O5. The van der Waals surface area contributed by atoms with Crippen molar-refractivity contribution in [1.29, 1.82) is 0 Å². The van der Waals surface area contributed by atoms with Gasteiger partial charge in [0.15, 0.2) is 0 Å². The molecule has 5 heteroatoms. The SMILES string of the molecule is CC(CCC(=O)OC1CCCCO1)C1CCC2C3C(O)CC4CCCCC4(C)C3CC(O)C12C. The van der Waals surface area contributed by atoms with Gasteiger partial charge in [-0.15, -0.1) is 0 Å².